The SMILES string of the molecule is CN(c1ccccc1)c1cc(CN)nc2ccccc12. The number of hydrogen-bond acceptors (Lipinski definition) is 3. The van der Waals surface area contributed by atoms with Crippen LogP contribution in [-0.2, 0) is 6.54 Å². The molecule has 3 nitrogen and oxygen atoms in total. The summed E-state index contributed by atoms with van der Waals surface area (Å²) < 4.78 is 0. The van der Waals surface area contributed by atoms with Crippen molar-refractivity contribution in [2.75, 3.05) is 11.9 Å². The van der Waals surface area contributed by atoms with E-state index in [1.165, 1.54) is 0 Å². The summed E-state index contributed by atoms with van der Waals surface area (Å²) in [6.45, 7) is 0.445. The van der Waals surface area contributed by atoms with Crippen molar-refractivity contribution in [2.24, 2.45) is 5.73 Å². The van der Waals surface area contributed by atoms with Gasteiger partial charge in [0.2, 0.25) is 0 Å². The van der Waals surface area contributed by atoms with Crippen LogP contribution in [0.25, 0.3) is 10.9 Å². The van der Waals surface area contributed by atoms with Crippen LogP contribution in [0.1, 0.15) is 5.69 Å². The van der Waals surface area contributed by atoms with Crippen molar-refractivity contribution >= 4 is 22.3 Å². The molecule has 1 heterocycles. The lowest BCUT2D eigenvalue weighted by molar-refractivity contribution is 1.00. The van der Waals surface area contributed by atoms with Gasteiger partial charge in [-0.25, -0.2) is 0 Å². The topological polar surface area (TPSA) is 42.1 Å². The Kier molecular flexibility index (Phi) is 3.35. The summed E-state index contributed by atoms with van der Waals surface area (Å²) in [6, 6.07) is 20.5. The minimum atomic E-state index is 0.445. The first-order valence-corrected chi connectivity index (χ1v) is 6.67. The number of hydrogen-bond donors (Lipinski definition) is 1. The van der Waals surface area contributed by atoms with Crippen molar-refractivity contribution < 1.29 is 0 Å². The monoisotopic (exact) mass is 263 g/mol. The number of anilines is 2. The zero-order chi connectivity index (χ0) is 13.9. The molecule has 100 valence electrons. The molecular weight excluding hydrogens is 246 g/mol. The Morgan fingerprint density at radius 3 is 2.45 bits per heavy atom. The van der Waals surface area contributed by atoms with Gasteiger partial charge in [-0.3, -0.25) is 4.98 Å². The summed E-state index contributed by atoms with van der Waals surface area (Å²) in [5.41, 5.74) is 9.92. The maximum absolute atomic E-state index is 5.77. The number of nitrogens with two attached hydrogens (primary N) is 1. The first kappa shape index (κ1) is 12.6. The molecule has 0 amide bonds. The Balaban J connectivity index is 2.19. The minimum absolute atomic E-state index is 0.445. The van der Waals surface area contributed by atoms with E-state index in [9.17, 15) is 0 Å². The van der Waals surface area contributed by atoms with Gasteiger partial charge in [-0.15, -0.1) is 0 Å². The van der Waals surface area contributed by atoms with E-state index in [1.807, 2.05) is 36.4 Å². The molecule has 3 aromatic rings. The predicted molar refractivity (Wildman–Crippen MR) is 84.1 cm³/mol. The highest BCUT2D eigenvalue weighted by Gasteiger charge is 2.10. The first-order chi connectivity index (χ1) is 9.79. The van der Waals surface area contributed by atoms with Gasteiger partial charge < -0.3 is 10.6 Å². The van der Waals surface area contributed by atoms with Gasteiger partial charge in [-0.1, -0.05) is 36.4 Å². The summed E-state index contributed by atoms with van der Waals surface area (Å²) in [6.07, 6.45) is 0. The second-order valence-electron chi connectivity index (χ2n) is 4.75. The third-order valence-corrected chi connectivity index (χ3v) is 3.46. The number of nitrogens with zero attached hydrogens (tertiary/aromatic N) is 2. The van der Waals surface area contributed by atoms with Crippen LogP contribution in [-0.4, -0.2) is 12.0 Å². The number of fused-ring (bicyclic) bond motifs is 1. The highest BCUT2D eigenvalue weighted by Crippen LogP contribution is 2.30. The highest BCUT2D eigenvalue weighted by molar-refractivity contribution is 5.93. The minimum Gasteiger partial charge on any atom is -0.344 e. The summed E-state index contributed by atoms with van der Waals surface area (Å²) in [7, 11) is 2.07. The van der Waals surface area contributed by atoms with Crippen LogP contribution in [0.15, 0.2) is 60.7 Å². The standard InChI is InChI=1S/C17H17N3/c1-20(14-7-3-2-4-8-14)17-11-13(12-18)19-16-10-6-5-9-15(16)17/h2-11H,12,18H2,1H3. The normalized spacial score (nSPS) is 10.7. The van der Waals surface area contributed by atoms with Gasteiger partial charge in [0.05, 0.1) is 16.9 Å². The van der Waals surface area contributed by atoms with E-state index in [2.05, 4.69) is 41.2 Å². The van der Waals surface area contributed by atoms with Crippen molar-refractivity contribution in [3.05, 3.63) is 66.4 Å². The fourth-order valence-electron chi connectivity index (χ4n) is 2.38. The molecule has 0 fully saturated rings. The summed E-state index contributed by atoms with van der Waals surface area (Å²) in [5.74, 6) is 0. The Bertz CT molecular complexity index is 723. The lowest BCUT2D eigenvalue weighted by Crippen LogP contribution is -2.11. The van der Waals surface area contributed by atoms with Crippen molar-refractivity contribution in [3.63, 3.8) is 0 Å². The Morgan fingerprint density at radius 2 is 1.70 bits per heavy atom. The van der Waals surface area contributed by atoms with Gasteiger partial charge in [0.1, 0.15) is 0 Å². The van der Waals surface area contributed by atoms with Gasteiger partial charge in [0.15, 0.2) is 0 Å². The van der Waals surface area contributed by atoms with Crippen LogP contribution in [0.2, 0.25) is 0 Å². The molecule has 0 aliphatic heterocycles. The fraction of sp³-hybridized carbons (Fsp3) is 0.118. The largest absolute Gasteiger partial charge is 0.344 e. The lowest BCUT2D eigenvalue weighted by atomic mass is 10.1. The second kappa shape index (κ2) is 5.31. The molecule has 1 aromatic heterocycles. The molecule has 0 atom stereocenters. The maximum Gasteiger partial charge on any atom is 0.0726 e. The maximum atomic E-state index is 5.77. The van der Waals surface area contributed by atoms with Crippen LogP contribution < -0.4 is 10.6 Å². The molecule has 0 saturated heterocycles. The molecule has 3 rings (SSSR count). The first-order valence-electron chi connectivity index (χ1n) is 6.67. The van der Waals surface area contributed by atoms with Gasteiger partial charge in [0, 0.05) is 24.7 Å². The van der Waals surface area contributed by atoms with E-state index < -0.39 is 0 Å². The summed E-state index contributed by atoms with van der Waals surface area (Å²) >= 11 is 0. The van der Waals surface area contributed by atoms with Crippen LogP contribution in [0.3, 0.4) is 0 Å². The van der Waals surface area contributed by atoms with E-state index in [4.69, 9.17) is 5.73 Å². The number of aromatic nitrogens is 1. The van der Waals surface area contributed by atoms with Crippen LogP contribution in [0.5, 0.6) is 0 Å². The van der Waals surface area contributed by atoms with Crippen molar-refractivity contribution in [2.45, 2.75) is 6.54 Å². The van der Waals surface area contributed by atoms with Crippen LogP contribution in [0, 0.1) is 0 Å². The Morgan fingerprint density at radius 1 is 1.00 bits per heavy atom. The third kappa shape index (κ3) is 2.24. The second-order valence-corrected chi connectivity index (χ2v) is 4.75. The van der Waals surface area contributed by atoms with E-state index >= 15 is 0 Å². The molecule has 0 aliphatic rings. The molecule has 2 N–H and O–H groups in total. The molecule has 20 heavy (non-hydrogen) atoms. The molecule has 2 aromatic carbocycles. The van der Waals surface area contributed by atoms with Crippen molar-refractivity contribution in [1.29, 1.82) is 0 Å². The zero-order valence-electron chi connectivity index (χ0n) is 11.5. The van der Waals surface area contributed by atoms with Crippen LogP contribution in [0.4, 0.5) is 11.4 Å². The molecule has 0 saturated carbocycles. The zero-order valence-corrected chi connectivity index (χ0v) is 11.5. The van der Waals surface area contributed by atoms with E-state index in [1.54, 1.807) is 0 Å². The highest BCUT2D eigenvalue weighted by atomic mass is 15.1. The average molecular weight is 263 g/mol. The van der Waals surface area contributed by atoms with Gasteiger partial charge >= 0.3 is 0 Å². The van der Waals surface area contributed by atoms with E-state index in [0.29, 0.717) is 6.54 Å². The lowest BCUT2D eigenvalue weighted by Gasteiger charge is -2.22. The molecule has 0 unspecified atom stereocenters. The van der Waals surface area contributed by atoms with Crippen LogP contribution >= 0.6 is 0 Å². The predicted octanol–water partition coefficient (Wildman–Crippen LogP) is 3.46. The van der Waals surface area contributed by atoms with E-state index in [-0.39, 0.29) is 0 Å². The smallest absolute Gasteiger partial charge is 0.0726 e. The number of para-hydroxylation sites is 2. The average Bonchev–Trinajstić information content (AvgIpc) is 2.54. The Hall–Kier alpha value is -2.39. The fourth-order valence-corrected chi connectivity index (χ4v) is 2.38. The van der Waals surface area contributed by atoms with Crippen molar-refractivity contribution in [3.8, 4) is 0 Å². The number of benzene rings is 2. The molecule has 3 heteroatoms. The van der Waals surface area contributed by atoms with E-state index in [0.717, 1.165) is 28.0 Å². The van der Waals surface area contributed by atoms with Crippen molar-refractivity contribution in [1.82, 2.24) is 4.98 Å². The third-order valence-electron chi connectivity index (χ3n) is 3.46. The van der Waals surface area contributed by atoms with Gasteiger partial charge in [-0.05, 0) is 24.3 Å². The molecule has 0 spiro atoms. The Labute approximate surface area is 118 Å². The quantitative estimate of drug-likeness (QED) is 0.787. The molecule has 0 bridgehead atoms. The van der Waals surface area contributed by atoms with Gasteiger partial charge in [-0.2, -0.15) is 0 Å². The van der Waals surface area contributed by atoms with Gasteiger partial charge in [0.25, 0.3) is 0 Å². The summed E-state index contributed by atoms with van der Waals surface area (Å²) in [4.78, 5) is 6.75. The molecule has 0 radical (unpaired) electrons. The number of pyridine rings is 1. The molecule has 0 aliphatic carbocycles. The number of rotatable bonds is 3. The summed E-state index contributed by atoms with van der Waals surface area (Å²) in [5, 5.41) is 1.14. The molecular formula is C17H17N3.